The number of halogens is 1. The van der Waals surface area contributed by atoms with Crippen LogP contribution in [-0.2, 0) is 0 Å². The van der Waals surface area contributed by atoms with Crippen molar-refractivity contribution >= 4 is 23.3 Å². The van der Waals surface area contributed by atoms with Crippen molar-refractivity contribution in [1.29, 1.82) is 0 Å². The molecule has 18 heavy (non-hydrogen) atoms. The minimum absolute atomic E-state index is 0.414. The van der Waals surface area contributed by atoms with Gasteiger partial charge in [0.25, 0.3) is 5.89 Å². The van der Waals surface area contributed by atoms with Gasteiger partial charge in [-0.15, -0.1) is 5.10 Å². The lowest BCUT2D eigenvalue weighted by molar-refractivity contribution is 0.557. The Morgan fingerprint density at radius 1 is 1.22 bits per heavy atom. The average Bonchev–Trinajstić information content (AvgIpc) is 3.00. The largest absolute Gasteiger partial charge is 0.403 e. The highest BCUT2D eigenvalue weighted by Gasteiger charge is 2.19. The first kappa shape index (κ1) is 11.3. The number of nitrogens with two attached hydrogens (primary N) is 1. The summed E-state index contributed by atoms with van der Waals surface area (Å²) >= 11 is 5.94. The van der Waals surface area contributed by atoms with Crippen LogP contribution in [0, 0.1) is 0 Å². The van der Waals surface area contributed by atoms with Gasteiger partial charge in [0.05, 0.1) is 5.56 Å². The number of hydrogen-bond donors (Lipinski definition) is 1. The third-order valence-electron chi connectivity index (χ3n) is 3.04. The Morgan fingerprint density at radius 2 is 2.00 bits per heavy atom. The van der Waals surface area contributed by atoms with Gasteiger partial charge in [-0.25, -0.2) is 0 Å². The van der Waals surface area contributed by atoms with Crippen LogP contribution in [0.5, 0.6) is 0 Å². The van der Waals surface area contributed by atoms with Gasteiger partial charge in [0.1, 0.15) is 0 Å². The van der Waals surface area contributed by atoms with Crippen LogP contribution >= 0.6 is 11.6 Å². The molecule has 0 unspecified atom stereocenters. The lowest BCUT2D eigenvalue weighted by atomic mass is 10.2. The van der Waals surface area contributed by atoms with Crippen molar-refractivity contribution in [3.63, 3.8) is 0 Å². The van der Waals surface area contributed by atoms with E-state index in [1.807, 2.05) is 0 Å². The molecule has 1 aliphatic heterocycles. The van der Waals surface area contributed by atoms with Crippen LogP contribution in [-0.4, -0.2) is 23.3 Å². The first-order valence-corrected chi connectivity index (χ1v) is 6.26. The Hall–Kier alpha value is -1.75. The second-order valence-electron chi connectivity index (χ2n) is 4.32. The molecule has 0 atom stereocenters. The van der Waals surface area contributed by atoms with Gasteiger partial charge in [-0.1, -0.05) is 16.7 Å². The fraction of sp³-hybridized carbons (Fsp3) is 0.333. The summed E-state index contributed by atoms with van der Waals surface area (Å²) in [6.45, 7) is 1.93. The van der Waals surface area contributed by atoms with Gasteiger partial charge in [-0.05, 0) is 31.0 Å². The van der Waals surface area contributed by atoms with Gasteiger partial charge in [0, 0.05) is 23.8 Å². The molecule has 1 fully saturated rings. The number of nitrogen functional groups attached to an aromatic ring is 1. The van der Waals surface area contributed by atoms with Crippen molar-refractivity contribution in [1.82, 2.24) is 10.2 Å². The molecule has 6 heteroatoms. The van der Waals surface area contributed by atoms with E-state index in [4.69, 9.17) is 21.8 Å². The normalized spacial score (nSPS) is 15.3. The Balaban J connectivity index is 1.94. The summed E-state index contributed by atoms with van der Waals surface area (Å²) in [6, 6.07) is 5.76. The minimum Gasteiger partial charge on any atom is -0.403 e. The SMILES string of the molecule is Nc1ccc(Cl)cc1-c1nnc(N2CCCC2)o1. The van der Waals surface area contributed by atoms with Gasteiger partial charge in [0.2, 0.25) is 0 Å². The average molecular weight is 265 g/mol. The summed E-state index contributed by atoms with van der Waals surface area (Å²) in [4.78, 5) is 2.08. The highest BCUT2D eigenvalue weighted by molar-refractivity contribution is 6.31. The molecular formula is C12H13ClN4O. The van der Waals surface area contributed by atoms with E-state index < -0.39 is 0 Å². The third-order valence-corrected chi connectivity index (χ3v) is 3.27. The Bertz CT molecular complexity index is 563. The Labute approximate surface area is 110 Å². The standard InChI is InChI=1S/C12H13ClN4O/c13-8-3-4-10(14)9(7-8)11-15-16-12(18-11)17-5-1-2-6-17/h3-4,7H,1-2,5-6,14H2. The fourth-order valence-corrected chi connectivity index (χ4v) is 2.25. The van der Waals surface area contributed by atoms with E-state index in [2.05, 4.69) is 15.1 Å². The van der Waals surface area contributed by atoms with Crippen LogP contribution < -0.4 is 10.6 Å². The molecule has 0 radical (unpaired) electrons. The zero-order valence-electron chi connectivity index (χ0n) is 9.77. The van der Waals surface area contributed by atoms with E-state index in [9.17, 15) is 0 Å². The van der Waals surface area contributed by atoms with Crippen LogP contribution in [0.15, 0.2) is 22.6 Å². The molecule has 1 saturated heterocycles. The van der Waals surface area contributed by atoms with E-state index in [1.165, 1.54) is 0 Å². The number of anilines is 2. The lowest BCUT2D eigenvalue weighted by Crippen LogP contribution is -2.17. The molecule has 0 saturated carbocycles. The highest BCUT2D eigenvalue weighted by atomic mass is 35.5. The van der Waals surface area contributed by atoms with Crippen molar-refractivity contribution in [2.45, 2.75) is 12.8 Å². The molecule has 1 aromatic heterocycles. The minimum atomic E-state index is 0.414. The van der Waals surface area contributed by atoms with Crippen molar-refractivity contribution in [3.8, 4) is 11.5 Å². The van der Waals surface area contributed by atoms with Crippen molar-refractivity contribution in [2.75, 3.05) is 23.7 Å². The molecule has 0 aliphatic carbocycles. The summed E-state index contributed by atoms with van der Waals surface area (Å²) in [7, 11) is 0. The number of benzene rings is 1. The number of nitrogens with zero attached hydrogens (tertiary/aromatic N) is 3. The zero-order chi connectivity index (χ0) is 12.5. The first-order valence-electron chi connectivity index (χ1n) is 5.88. The van der Waals surface area contributed by atoms with Gasteiger partial charge < -0.3 is 15.1 Å². The maximum Gasteiger partial charge on any atom is 0.318 e. The van der Waals surface area contributed by atoms with Crippen molar-refractivity contribution in [2.24, 2.45) is 0 Å². The first-order chi connectivity index (χ1) is 8.74. The monoisotopic (exact) mass is 264 g/mol. The molecule has 2 N–H and O–H groups in total. The molecule has 2 heterocycles. The highest BCUT2D eigenvalue weighted by Crippen LogP contribution is 2.30. The molecule has 1 aromatic carbocycles. The molecule has 2 aromatic rings. The molecular weight excluding hydrogens is 252 g/mol. The van der Waals surface area contributed by atoms with Gasteiger partial charge in [0.15, 0.2) is 0 Å². The van der Waals surface area contributed by atoms with Crippen LogP contribution in [0.2, 0.25) is 5.02 Å². The van der Waals surface area contributed by atoms with E-state index in [-0.39, 0.29) is 0 Å². The number of aromatic nitrogens is 2. The predicted molar refractivity (Wildman–Crippen MR) is 70.6 cm³/mol. The lowest BCUT2D eigenvalue weighted by Gasteiger charge is -2.09. The van der Waals surface area contributed by atoms with Crippen LogP contribution in [0.3, 0.4) is 0 Å². The van der Waals surface area contributed by atoms with E-state index in [0.717, 1.165) is 25.9 Å². The second-order valence-corrected chi connectivity index (χ2v) is 4.75. The molecule has 1 aliphatic rings. The summed E-state index contributed by atoms with van der Waals surface area (Å²) in [5.41, 5.74) is 7.14. The second kappa shape index (κ2) is 4.49. The Kier molecular flexibility index (Phi) is 2.83. The molecule has 0 spiro atoms. The predicted octanol–water partition coefficient (Wildman–Crippen LogP) is 2.57. The van der Waals surface area contributed by atoms with E-state index >= 15 is 0 Å². The summed E-state index contributed by atoms with van der Waals surface area (Å²) in [5, 5.41) is 8.69. The summed E-state index contributed by atoms with van der Waals surface area (Å²) in [6.07, 6.45) is 2.33. The molecule has 0 amide bonds. The van der Waals surface area contributed by atoms with Crippen molar-refractivity contribution in [3.05, 3.63) is 23.2 Å². The number of hydrogen-bond acceptors (Lipinski definition) is 5. The number of rotatable bonds is 2. The van der Waals surface area contributed by atoms with Gasteiger partial charge >= 0.3 is 6.01 Å². The summed E-state index contributed by atoms with van der Waals surface area (Å²) in [5.74, 6) is 0.414. The molecule has 3 rings (SSSR count). The smallest absolute Gasteiger partial charge is 0.318 e. The molecule has 0 bridgehead atoms. The van der Waals surface area contributed by atoms with E-state index in [0.29, 0.717) is 28.2 Å². The quantitative estimate of drug-likeness (QED) is 0.845. The van der Waals surface area contributed by atoms with E-state index in [1.54, 1.807) is 18.2 Å². The van der Waals surface area contributed by atoms with Gasteiger partial charge in [-0.3, -0.25) is 0 Å². The summed E-state index contributed by atoms with van der Waals surface area (Å²) < 4.78 is 5.65. The van der Waals surface area contributed by atoms with Crippen LogP contribution in [0.4, 0.5) is 11.7 Å². The van der Waals surface area contributed by atoms with Gasteiger partial charge in [-0.2, -0.15) is 0 Å². The van der Waals surface area contributed by atoms with Crippen LogP contribution in [0.25, 0.3) is 11.5 Å². The Morgan fingerprint density at radius 3 is 2.78 bits per heavy atom. The fourth-order valence-electron chi connectivity index (χ4n) is 2.07. The van der Waals surface area contributed by atoms with Crippen LogP contribution in [0.1, 0.15) is 12.8 Å². The zero-order valence-corrected chi connectivity index (χ0v) is 10.5. The third kappa shape index (κ3) is 2.01. The molecule has 94 valence electrons. The maximum atomic E-state index is 5.94. The van der Waals surface area contributed by atoms with Crippen molar-refractivity contribution < 1.29 is 4.42 Å². The molecule has 5 nitrogen and oxygen atoms in total. The maximum absolute atomic E-state index is 5.94. The topological polar surface area (TPSA) is 68.2 Å².